The Bertz CT molecular complexity index is 674. The Balaban J connectivity index is 1.91. The number of benzene rings is 2. The highest BCUT2D eigenvalue weighted by Gasteiger charge is 2.28. The van der Waals surface area contributed by atoms with Crippen LogP contribution in [0, 0.1) is 27.2 Å². The van der Waals surface area contributed by atoms with Gasteiger partial charge in [-0.1, -0.05) is 37.3 Å². The fraction of sp³-hybridized carbons (Fsp3) is 0.350. The molecule has 1 atom stereocenters. The van der Waals surface area contributed by atoms with Gasteiger partial charge in [0.05, 0.1) is 0 Å². The van der Waals surface area contributed by atoms with E-state index in [1.54, 1.807) is 0 Å². The van der Waals surface area contributed by atoms with Crippen molar-refractivity contribution in [2.75, 3.05) is 0 Å². The lowest BCUT2D eigenvalue weighted by Crippen LogP contribution is -2.11. The zero-order valence-corrected chi connectivity index (χ0v) is 13.8. The van der Waals surface area contributed by atoms with E-state index in [4.69, 9.17) is 9.47 Å². The average Bonchev–Trinajstić information content (AvgIpc) is 2.98. The Morgan fingerprint density at radius 1 is 1.09 bits per heavy atom. The first-order valence-electron chi connectivity index (χ1n) is 7.87. The largest absolute Gasteiger partial charge is 0.489 e. The highest BCUT2D eigenvalue weighted by Crippen LogP contribution is 2.42. The molecule has 0 saturated heterocycles. The average molecular weight is 295 g/mol. The van der Waals surface area contributed by atoms with Crippen LogP contribution in [0.4, 0.5) is 0 Å². The summed E-state index contributed by atoms with van der Waals surface area (Å²) < 4.78 is 12.2. The molecule has 0 aliphatic carbocycles. The first-order chi connectivity index (χ1) is 10.6. The summed E-state index contributed by atoms with van der Waals surface area (Å²) in [5, 5.41) is 0. The molecule has 1 heterocycles. The summed E-state index contributed by atoms with van der Waals surface area (Å²) in [6, 6.07) is 10.3. The zero-order valence-electron chi connectivity index (χ0n) is 13.8. The van der Waals surface area contributed by atoms with Gasteiger partial charge in [-0.05, 0) is 49.4 Å². The van der Waals surface area contributed by atoms with Gasteiger partial charge >= 0.3 is 0 Å². The molecule has 0 spiro atoms. The van der Waals surface area contributed by atoms with Crippen molar-refractivity contribution in [1.82, 2.24) is 0 Å². The second kappa shape index (κ2) is 6.04. The fourth-order valence-electron chi connectivity index (χ4n) is 3.09. The van der Waals surface area contributed by atoms with E-state index in [0.29, 0.717) is 6.61 Å². The molecule has 1 aliphatic rings. The number of hydrogen-bond acceptors (Lipinski definition) is 2. The fourth-order valence-corrected chi connectivity index (χ4v) is 3.09. The van der Waals surface area contributed by atoms with Crippen LogP contribution in [0.15, 0.2) is 30.3 Å². The van der Waals surface area contributed by atoms with Crippen LogP contribution in [-0.2, 0) is 13.0 Å². The molecule has 0 amide bonds. The van der Waals surface area contributed by atoms with Crippen LogP contribution in [0.1, 0.15) is 34.7 Å². The van der Waals surface area contributed by atoms with Gasteiger partial charge in [0.2, 0.25) is 0 Å². The first kappa shape index (κ1) is 15.0. The zero-order chi connectivity index (χ0) is 15.7. The van der Waals surface area contributed by atoms with Crippen LogP contribution in [0.25, 0.3) is 0 Å². The highest BCUT2D eigenvalue weighted by molar-refractivity contribution is 5.59. The van der Waals surface area contributed by atoms with Crippen LogP contribution in [0.3, 0.4) is 0 Å². The highest BCUT2D eigenvalue weighted by atomic mass is 16.5. The van der Waals surface area contributed by atoms with E-state index in [0.717, 1.165) is 17.9 Å². The molecule has 0 N–H and O–H groups in total. The third-order valence-electron chi connectivity index (χ3n) is 4.58. The molecular weight excluding hydrogens is 272 g/mol. The van der Waals surface area contributed by atoms with Crippen molar-refractivity contribution >= 4 is 0 Å². The molecule has 2 aromatic rings. The minimum atomic E-state index is 0.191. The topological polar surface area (TPSA) is 18.5 Å². The Labute approximate surface area is 133 Å². The van der Waals surface area contributed by atoms with E-state index in [2.05, 4.69) is 46.2 Å². The Morgan fingerprint density at radius 3 is 2.50 bits per heavy atom. The van der Waals surface area contributed by atoms with Crippen molar-refractivity contribution in [3.05, 3.63) is 64.6 Å². The molecule has 0 aromatic heterocycles. The maximum absolute atomic E-state index is 6.16. The third-order valence-corrected chi connectivity index (χ3v) is 4.58. The smallest absolute Gasteiger partial charge is 0.126 e. The Hall–Kier alpha value is -1.96. The van der Waals surface area contributed by atoms with Gasteiger partial charge < -0.3 is 9.47 Å². The predicted molar refractivity (Wildman–Crippen MR) is 89.5 cm³/mol. The summed E-state index contributed by atoms with van der Waals surface area (Å²) >= 11 is 0. The van der Waals surface area contributed by atoms with Gasteiger partial charge in [0.15, 0.2) is 0 Å². The van der Waals surface area contributed by atoms with Gasteiger partial charge in [0, 0.05) is 12.0 Å². The van der Waals surface area contributed by atoms with Crippen molar-refractivity contribution < 1.29 is 9.47 Å². The summed E-state index contributed by atoms with van der Waals surface area (Å²) in [6.07, 6.45) is 3.26. The Morgan fingerprint density at radius 2 is 1.82 bits per heavy atom. The van der Waals surface area contributed by atoms with Gasteiger partial charge in [0.1, 0.15) is 24.2 Å². The van der Waals surface area contributed by atoms with Crippen LogP contribution >= 0.6 is 0 Å². The van der Waals surface area contributed by atoms with Crippen molar-refractivity contribution in [1.29, 1.82) is 0 Å². The monoisotopic (exact) mass is 295 g/mol. The number of fused-ring (bicyclic) bond motifs is 1. The maximum Gasteiger partial charge on any atom is 0.126 e. The van der Waals surface area contributed by atoms with Crippen LogP contribution < -0.4 is 9.47 Å². The summed E-state index contributed by atoms with van der Waals surface area (Å²) in [5.41, 5.74) is 6.10. The molecule has 22 heavy (non-hydrogen) atoms. The molecule has 0 bridgehead atoms. The molecule has 115 valence electrons. The van der Waals surface area contributed by atoms with E-state index in [-0.39, 0.29) is 6.10 Å². The van der Waals surface area contributed by atoms with E-state index < -0.39 is 0 Å². The Kier molecular flexibility index (Phi) is 4.10. The van der Waals surface area contributed by atoms with Crippen LogP contribution in [-0.4, -0.2) is 6.10 Å². The van der Waals surface area contributed by atoms with Gasteiger partial charge in [-0.3, -0.25) is 0 Å². The number of ether oxygens (including phenoxy) is 2. The molecule has 2 heteroatoms. The first-order valence-corrected chi connectivity index (χ1v) is 7.87. The van der Waals surface area contributed by atoms with Crippen molar-refractivity contribution in [2.24, 2.45) is 0 Å². The van der Waals surface area contributed by atoms with E-state index in [9.17, 15) is 0 Å². The number of hydrogen-bond donors (Lipinski definition) is 0. The minimum absolute atomic E-state index is 0.191. The second-order valence-corrected chi connectivity index (χ2v) is 5.98. The molecule has 2 nitrogen and oxygen atoms in total. The summed E-state index contributed by atoms with van der Waals surface area (Å²) in [5.74, 6) is 2.07. The summed E-state index contributed by atoms with van der Waals surface area (Å²) in [4.78, 5) is 0. The van der Waals surface area contributed by atoms with Crippen LogP contribution in [0.5, 0.6) is 11.5 Å². The molecule has 0 fully saturated rings. The normalized spacial score (nSPS) is 16.3. The second-order valence-electron chi connectivity index (χ2n) is 5.98. The summed E-state index contributed by atoms with van der Waals surface area (Å²) in [7, 11) is 0. The molecule has 1 radical (unpaired) electrons. The van der Waals surface area contributed by atoms with Gasteiger partial charge in [-0.15, -0.1) is 0 Å². The predicted octanol–water partition coefficient (Wildman–Crippen LogP) is 4.72. The van der Waals surface area contributed by atoms with Gasteiger partial charge in [-0.25, -0.2) is 0 Å². The lowest BCUT2D eigenvalue weighted by Gasteiger charge is -2.18. The SMILES string of the molecule is C[CH]C1Cc2c(C)c(OCc3ccccc3)c(C)c(C)c2O1. The molecule has 3 rings (SSSR count). The van der Waals surface area contributed by atoms with E-state index in [1.165, 1.54) is 27.8 Å². The van der Waals surface area contributed by atoms with Crippen molar-refractivity contribution in [3.8, 4) is 11.5 Å². The third kappa shape index (κ3) is 2.58. The molecule has 2 aromatic carbocycles. The van der Waals surface area contributed by atoms with Crippen LogP contribution in [0.2, 0.25) is 0 Å². The maximum atomic E-state index is 6.16. The van der Waals surface area contributed by atoms with Gasteiger partial charge in [-0.2, -0.15) is 0 Å². The van der Waals surface area contributed by atoms with Crippen molar-refractivity contribution in [2.45, 2.75) is 46.8 Å². The van der Waals surface area contributed by atoms with E-state index >= 15 is 0 Å². The molecule has 1 unspecified atom stereocenters. The van der Waals surface area contributed by atoms with E-state index in [1.807, 2.05) is 18.2 Å². The molecular formula is C20H23O2. The summed E-state index contributed by atoms with van der Waals surface area (Å²) in [6.45, 7) is 9.05. The minimum Gasteiger partial charge on any atom is -0.489 e. The standard InChI is InChI=1S/C20H23O2/c1-5-17-11-18-15(4)19(13(2)14(3)20(18)22-17)21-12-16-9-7-6-8-10-16/h5-10,17H,11-12H2,1-4H3. The van der Waals surface area contributed by atoms with Gasteiger partial charge in [0.25, 0.3) is 0 Å². The quantitative estimate of drug-likeness (QED) is 0.812. The molecule has 1 aliphatic heterocycles. The lowest BCUT2D eigenvalue weighted by molar-refractivity contribution is 0.265. The number of rotatable bonds is 4. The van der Waals surface area contributed by atoms with Crippen molar-refractivity contribution in [3.63, 3.8) is 0 Å². The lowest BCUT2D eigenvalue weighted by atomic mass is 9.95. The molecule has 0 saturated carbocycles.